The van der Waals surface area contributed by atoms with Crippen LogP contribution in [-0.4, -0.2) is 14.5 Å². The van der Waals surface area contributed by atoms with Crippen molar-refractivity contribution in [3.63, 3.8) is 0 Å². The molecule has 0 aliphatic rings. The summed E-state index contributed by atoms with van der Waals surface area (Å²) in [6, 6.07) is 50.5. The smallest absolute Gasteiger partial charge is 0.0774 e. The van der Waals surface area contributed by atoms with Crippen LogP contribution in [0.3, 0.4) is 0 Å². The second kappa shape index (κ2) is 15.2. The van der Waals surface area contributed by atoms with Crippen LogP contribution < -0.4 is 0 Å². The number of hydrogen-bond acceptors (Lipinski definition) is 3. The van der Waals surface area contributed by atoms with Crippen LogP contribution in [0.5, 0.6) is 0 Å². The van der Waals surface area contributed by atoms with Crippen LogP contribution >= 0.6 is 0 Å². The molecule has 0 fully saturated rings. The van der Waals surface area contributed by atoms with Gasteiger partial charge in [0, 0.05) is 61.6 Å². The first-order valence-corrected chi connectivity index (χ1v) is 16.3. The minimum atomic E-state index is -2.23. The number of imidazole rings is 1. The van der Waals surface area contributed by atoms with E-state index in [9.17, 15) is 0 Å². The Morgan fingerprint density at radius 3 is 1.98 bits per heavy atom. The molecule has 52 heavy (non-hydrogen) atoms. The maximum Gasteiger partial charge on any atom is 0.0774 e. The fraction of sp³-hybridized carbons (Fsp3) is 0.0638. The van der Waals surface area contributed by atoms with E-state index >= 15 is 0 Å². The summed E-state index contributed by atoms with van der Waals surface area (Å²) in [5.74, 6) is 0.669. The summed E-state index contributed by atoms with van der Waals surface area (Å²) >= 11 is 0. The van der Waals surface area contributed by atoms with E-state index in [4.69, 9.17) is 21.7 Å². The van der Waals surface area contributed by atoms with Gasteiger partial charge in [0.2, 0.25) is 0 Å². The number of furan rings is 1. The normalized spacial score (nSPS) is 14.1. The van der Waals surface area contributed by atoms with E-state index in [-0.39, 0.29) is 36.8 Å². The van der Waals surface area contributed by atoms with E-state index in [1.165, 1.54) is 24.4 Å². The number of benzene rings is 6. The van der Waals surface area contributed by atoms with Gasteiger partial charge >= 0.3 is 0 Å². The maximum atomic E-state index is 7.81. The number of para-hydroxylation sites is 3. The van der Waals surface area contributed by atoms with E-state index in [1.807, 2.05) is 54.6 Å². The van der Waals surface area contributed by atoms with Crippen LogP contribution in [0.4, 0.5) is 0 Å². The zero-order valence-corrected chi connectivity index (χ0v) is 30.0. The minimum Gasteiger partial charge on any atom is -0.557 e. The number of fused-ring (bicyclic) bond motifs is 2. The third kappa shape index (κ3) is 6.89. The van der Waals surface area contributed by atoms with E-state index in [2.05, 4.69) is 70.4 Å². The van der Waals surface area contributed by atoms with Crippen molar-refractivity contribution in [2.24, 2.45) is 0 Å². The van der Waals surface area contributed by atoms with Crippen molar-refractivity contribution in [3.8, 4) is 50.6 Å². The van der Waals surface area contributed by atoms with Gasteiger partial charge in [0.05, 0.1) is 22.5 Å². The summed E-state index contributed by atoms with van der Waals surface area (Å²) in [7, 11) is 0. The largest absolute Gasteiger partial charge is 0.557 e. The number of hydrogen-bond donors (Lipinski definition) is 0. The minimum absolute atomic E-state index is 0. The van der Waals surface area contributed by atoms with Gasteiger partial charge in [-0.25, -0.2) is 0 Å². The summed E-state index contributed by atoms with van der Waals surface area (Å²) in [5, 5.41) is 0.753. The number of aryl methyl sites for hydroxylation is 3. The average molecular weight is 859 g/mol. The molecule has 0 aliphatic heterocycles. The third-order valence-corrected chi connectivity index (χ3v) is 8.58. The Hall–Kier alpha value is -5.87. The molecule has 0 bridgehead atoms. The summed E-state index contributed by atoms with van der Waals surface area (Å²) in [4.78, 5) is 9.16. The first kappa shape index (κ1) is 25.1. The first-order valence-electron chi connectivity index (χ1n) is 20.8. The molecule has 6 aromatic carbocycles. The van der Waals surface area contributed by atoms with E-state index in [0.29, 0.717) is 28.2 Å². The van der Waals surface area contributed by atoms with E-state index in [1.54, 1.807) is 30.3 Å². The summed E-state index contributed by atoms with van der Waals surface area (Å²) < 4.78 is 75.1. The Morgan fingerprint density at radius 2 is 1.33 bits per heavy atom. The molecule has 0 amide bonds. The molecule has 5 heteroatoms. The zero-order chi connectivity index (χ0) is 42.2. The fourth-order valence-electron chi connectivity index (χ4n) is 6.18. The summed E-state index contributed by atoms with van der Waals surface area (Å²) in [5.41, 5.74) is 9.96. The van der Waals surface area contributed by atoms with Crippen LogP contribution in [0.15, 0.2) is 162 Å². The molecule has 0 spiro atoms. The molecule has 0 atom stereocenters. The van der Waals surface area contributed by atoms with E-state index < -0.39 is 20.6 Å². The van der Waals surface area contributed by atoms with Gasteiger partial charge in [0.25, 0.3) is 0 Å². The summed E-state index contributed by atoms with van der Waals surface area (Å²) in [6.45, 7) is -6.57. The van der Waals surface area contributed by atoms with Gasteiger partial charge in [-0.1, -0.05) is 139 Å². The first-order chi connectivity index (χ1) is 28.7. The second-order valence-electron chi connectivity index (χ2n) is 11.9. The molecule has 0 N–H and O–H groups in total. The van der Waals surface area contributed by atoms with Gasteiger partial charge in [-0.2, -0.15) is 0 Å². The van der Waals surface area contributed by atoms with Crippen molar-refractivity contribution in [2.45, 2.75) is 20.6 Å². The number of pyridine rings is 1. The quantitative estimate of drug-likeness (QED) is 0.162. The van der Waals surface area contributed by atoms with Crippen LogP contribution in [0.2, 0.25) is 0 Å². The molecule has 0 saturated carbocycles. The van der Waals surface area contributed by atoms with Crippen molar-refractivity contribution in [1.82, 2.24) is 14.5 Å². The Bertz CT molecular complexity index is 2810. The number of nitrogens with zero attached hydrogens (tertiary/aromatic N) is 3. The zero-order valence-electron chi connectivity index (χ0n) is 36.6. The summed E-state index contributed by atoms with van der Waals surface area (Å²) in [6.07, 6.45) is 4.36. The fourth-order valence-corrected chi connectivity index (χ4v) is 6.18. The molecular weight excluding hydrogens is 815 g/mol. The molecule has 3 heterocycles. The molecule has 9 aromatic rings. The van der Waals surface area contributed by atoms with Crippen LogP contribution in [0.25, 0.3) is 72.6 Å². The molecule has 3 aromatic heterocycles. The molecule has 255 valence electrons. The topological polar surface area (TPSA) is 43.9 Å². The predicted octanol–water partition coefficient (Wildman–Crippen LogP) is 12.0. The van der Waals surface area contributed by atoms with Crippen molar-refractivity contribution < 1.29 is 36.9 Å². The molecule has 0 unspecified atom stereocenters. The molecular formula is C47H35IrN3O-2. The average Bonchev–Trinajstić information content (AvgIpc) is 3.85. The van der Waals surface area contributed by atoms with Crippen molar-refractivity contribution >= 4 is 22.0 Å². The Balaban J connectivity index is 0.000000226. The standard InChI is InChI=1S/C34H23N2O.C13H12N.Ir/c1-23-19-20-28-29(22-37-32(28)21-23)34-35-30-17-8-9-18-31(30)36(34)33-26(24-11-4-2-5-12-24)15-10-16-27(33)25-13-6-3-7-14-25;1-10-3-6-12(7-4-10)13-8-5-11(2)9-14-13;/h2-21H,1H3;3-6,8-9H,1-2H3;/q2*-1;/i1D3;1D3,2D3;. The molecule has 0 saturated heterocycles. The van der Waals surface area contributed by atoms with Gasteiger partial charge in [0.15, 0.2) is 0 Å². The Morgan fingerprint density at radius 1 is 0.654 bits per heavy atom. The molecule has 0 aliphatic carbocycles. The molecule has 1 radical (unpaired) electrons. The Labute approximate surface area is 330 Å². The monoisotopic (exact) mass is 859 g/mol. The van der Waals surface area contributed by atoms with Crippen LogP contribution in [0.1, 0.15) is 29.0 Å². The van der Waals surface area contributed by atoms with Gasteiger partial charge in [-0.3, -0.25) is 4.98 Å². The number of rotatable bonds is 5. The second-order valence-corrected chi connectivity index (χ2v) is 11.9. The maximum absolute atomic E-state index is 7.81. The molecule has 4 nitrogen and oxygen atoms in total. The van der Waals surface area contributed by atoms with Crippen LogP contribution in [-0.2, 0) is 20.1 Å². The van der Waals surface area contributed by atoms with Crippen molar-refractivity contribution in [1.29, 1.82) is 0 Å². The van der Waals surface area contributed by atoms with E-state index in [0.717, 1.165) is 44.4 Å². The van der Waals surface area contributed by atoms with Crippen molar-refractivity contribution in [2.75, 3.05) is 0 Å². The van der Waals surface area contributed by atoms with Crippen LogP contribution in [0, 0.1) is 32.9 Å². The Kier molecular flexibility index (Phi) is 7.33. The molecule has 9 rings (SSSR count). The SMILES string of the molecule is [2H]C([2H])([2H])c1c[c-]c(-c2ccc(C([2H])([2H])[2H])cn2)cc1.[2H]C([2H])([2H])c1ccc2c(-c3nc4ccccc4n3-c3c(-c4ccccc4)cccc3-c3ccccc3)[c-]oc2c1.[Ir]. The third-order valence-electron chi connectivity index (χ3n) is 8.58. The van der Waals surface area contributed by atoms with Gasteiger partial charge in [-0.15, -0.1) is 41.5 Å². The van der Waals surface area contributed by atoms with Crippen molar-refractivity contribution in [3.05, 3.63) is 187 Å². The predicted molar refractivity (Wildman–Crippen MR) is 209 cm³/mol. The number of aromatic nitrogens is 3. The van der Waals surface area contributed by atoms with Gasteiger partial charge < -0.3 is 14.0 Å². The van der Waals surface area contributed by atoms with Gasteiger partial charge in [0.1, 0.15) is 0 Å². The van der Waals surface area contributed by atoms with Gasteiger partial charge in [-0.05, 0) is 48.2 Å².